The lowest BCUT2D eigenvalue weighted by atomic mass is 10.3. The highest BCUT2D eigenvalue weighted by atomic mass is 16.5. The third-order valence-electron chi connectivity index (χ3n) is 5.35. The SMILES string of the molecule is CCCn1c(=O)n(CCC(=O)O[C@H](C)C(=O)Nc2c(C)nn(C)c2C)c2ccccc21. The maximum Gasteiger partial charge on any atom is 0.329 e. The molecule has 0 aliphatic carbocycles. The van der Waals surface area contributed by atoms with E-state index in [0.29, 0.717) is 17.9 Å². The summed E-state index contributed by atoms with van der Waals surface area (Å²) in [6, 6.07) is 7.51. The van der Waals surface area contributed by atoms with Crippen LogP contribution < -0.4 is 11.0 Å². The minimum absolute atomic E-state index is 0.0113. The molecule has 2 aromatic heterocycles. The van der Waals surface area contributed by atoms with Crippen LogP contribution in [0.1, 0.15) is 38.1 Å². The quantitative estimate of drug-likeness (QED) is 0.557. The van der Waals surface area contributed by atoms with Gasteiger partial charge in [0.25, 0.3) is 5.91 Å². The predicted molar refractivity (Wildman–Crippen MR) is 118 cm³/mol. The molecule has 1 aromatic carbocycles. The molecule has 0 fully saturated rings. The van der Waals surface area contributed by atoms with E-state index in [2.05, 4.69) is 10.4 Å². The molecule has 166 valence electrons. The van der Waals surface area contributed by atoms with Crippen molar-refractivity contribution in [1.29, 1.82) is 0 Å². The average molecular weight is 428 g/mol. The monoisotopic (exact) mass is 427 g/mol. The first kappa shape index (κ1) is 22.3. The number of carbonyl (C=O) groups is 2. The van der Waals surface area contributed by atoms with Crippen LogP contribution in [0.5, 0.6) is 0 Å². The predicted octanol–water partition coefficient (Wildman–Crippen LogP) is 2.52. The molecule has 0 bridgehead atoms. The van der Waals surface area contributed by atoms with Crippen LogP contribution in [0.25, 0.3) is 11.0 Å². The third kappa shape index (κ3) is 4.55. The topological polar surface area (TPSA) is 100 Å². The summed E-state index contributed by atoms with van der Waals surface area (Å²) in [4.78, 5) is 37.6. The molecule has 9 nitrogen and oxygen atoms in total. The number of fused-ring (bicyclic) bond motifs is 1. The van der Waals surface area contributed by atoms with E-state index in [4.69, 9.17) is 4.74 Å². The van der Waals surface area contributed by atoms with Gasteiger partial charge in [0.15, 0.2) is 6.10 Å². The van der Waals surface area contributed by atoms with Gasteiger partial charge in [-0.3, -0.25) is 23.4 Å². The molecule has 1 amide bonds. The molecular weight excluding hydrogens is 398 g/mol. The fraction of sp³-hybridized carbons (Fsp3) is 0.455. The zero-order valence-corrected chi connectivity index (χ0v) is 18.6. The smallest absolute Gasteiger partial charge is 0.329 e. The van der Waals surface area contributed by atoms with E-state index in [9.17, 15) is 14.4 Å². The first-order valence-electron chi connectivity index (χ1n) is 10.4. The van der Waals surface area contributed by atoms with Gasteiger partial charge in [-0.05, 0) is 39.3 Å². The Labute approximate surface area is 180 Å². The highest BCUT2D eigenvalue weighted by Gasteiger charge is 2.21. The van der Waals surface area contributed by atoms with Crippen molar-refractivity contribution in [1.82, 2.24) is 18.9 Å². The number of anilines is 1. The van der Waals surface area contributed by atoms with Crippen molar-refractivity contribution in [3.05, 3.63) is 46.1 Å². The number of benzene rings is 1. The standard InChI is InChI=1S/C22H29N5O4/c1-6-12-26-17-9-7-8-10-18(17)27(22(26)30)13-11-19(28)31-16(4)21(29)23-20-14(2)24-25(5)15(20)3/h7-10,16H,6,11-13H2,1-5H3,(H,23,29)/t16-/m1/s1. The minimum Gasteiger partial charge on any atom is -0.452 e. The van der Waals surface area contributed by atoms with Crippen molar-refractivity contribution in [3.63, 3.8) is 0 Å². The van der Waals surface area contributed by atoms with Crippen LogP contribution in [0.3, 0.4) is 0 Å². The zero-order valence-electron chi connectivity index (χ0n) is 18.6. The van der Waals surface area contributed by atoms with E-state index in [-0.39, 0.29) is 18.7 Å². The Morgan fingerprint density at radius 1 is 1.13 bits per heavy atom. The molecule has 3 rings (SSSR count). The van der Waals surface area contributed by atoms with E-state index in [1.54, 1.807) is 27.8 Å². The van der Waals surface area contributed by atoms with Crippen LogP contribution in [0.4, 0.5) is 5.69 Å². The van der Waals surface area contributed by atoms with Crippen molar-refractivity contribution in [3.8, 4) is 0 Å². The number of carbonyl (C=O) groups excluding carboxylic acids is 2. The van der Waals surface area contributed by atoms with Gasteiger partial charge < -0.3 is 10.1 Å². The Bertz CT molecular complexity index is 1170. The lowest BCUT2D eigenvalue weighted by Gasteiger charge is -2.14. The molecule has 0 saturated carbocycles. The van der Waals surface area contributed by atoms with Crippen molar-refractivity contribution in [2.45, 2.75) is 59.7 Å². The van der Waals surface area contributed by atoms with Crippen LogP contribution in [-0.4, -0.2) is 36.9 Å². The molecule has 3 aromatic rings. The summed E-state index contributed by atoms with van der Waals surface area (Å²) < 4.78 is 10.3. The van der Waals surface area contributed by atoms with Gasteiger partial charge in [0.2, 0.25) is 0 Å². The van der Waals surface area contributed by atoms with Gasteiger partial charge in [-0.25, -0.2) is 4.79 Å². The Hall–Kier alpha value is -3.36. The highest BCUT2D eigenvalue weighted by Crippen LogP contribution is 2.19. The Kier molecular flexibility index (Phi) is 6.62. The molecule has 0 radical (unpaired) electrons. The summed E-state index contributed by atoms with van der Waals surface area (Å²) in [5.41, 5.74) is 3.59. The molecule has 2 heterocycles. The number of hydrogen-bond acceptors (Lipinski definition) is 5. The summed E-state index contributed by atoms with van der Waals surface area (Å²) in [5, 5.41) is 7.03. The molecule has 9 heteroatoms. The van der Waals surface area contributed by atoms with Crippen LogP contribution in [0, 0.1) is 13.8 Å². The second-order valence-electron chi connectivity index (χ2n) is 7.62. The third-order valence-corrected chi connectivity index (χ3v) is 5.35. The number of esters is 1. The van der Waals surface area contributed by atoms with Crippen LogP contribution in [0.2, 0.25) is 0 Å². The number of imidazole rings is 1. The van der Waals surface area contributed by atoms with Crippen molar-refractivity contribution in [2.24, 2.45) is 7.05 Å². The number of rotatable bonds is 8. The fourth-order valence-electron chi connectivity index (χ4n) is 3.62. The number of nitrogens with zero attached hydrogens (tertiary/aromatic N) is 4. The minimum atomic E-state index is -0.968. The molecule has 0 unspecified atom stereocenters. The van der Waals surface area contributed by atoms with Gasteiger partial charge in [0.1, 0.15) is 0 Å². The normalized spacial score (nSPS) is 12.2. The molecule has 31 heavy (non-hydrogen) atoms. The number of ether oxygens (including phenoxy) is 1. The van der Waals surface area contributed by atoms with E-state index < -0.39 is 18.0 Å². The molecule has 0 aliphatic rings. The molecule has 1 atom stereocenters. The zero-order chi connectivity index (χ0) is 22.7. The first-order valence-corrected chi connectivity index (χ1v) is 10.4. The maximum atomic E-state index is 12.8. The summed E-state index contributed by atoms with van der Waals surface area (Å²) in [6.07, 6.45) is -0.147. The Morgan fingerprint density at radius 2 is 1.74 bits per heavy atom. The van der Waals surface area contributed by atoms with Gasteiger partial charge >= 0.3 is 11.7 Å². The van der Waals surface area contributed by atoms with Crippen LogP contribution >= 0.6 is 0 Å². The van der Waals surface area contributed by atoms with E-state index >= 15 is 0 Å². The van der Waals surface area contributed by atoms with E-state index in [1.807, 2.05) is 38.1 Å². The number of hydrogen-bond donors (Lipinski definition) is 1. The van der Waals surface area contributed by atoms with Crippen LogP contribution in [-0.2, 0) is 34.5 Å². The lowest BCUT2D eigenvalue weighted by molar-refractivity contribution is -0.153. The molecule has 1 N–H and O–H groups in total. The van der Waals surface area contributed by atoms with Gasteiger partial charge in [-0.1, -0.05) is 19.1 Å². The second-order valence-corrected chi connectivity index (χ2v) is 7.62. The Morgan fingerprint density at radius 3 is 2.29 bits per heavy atom. The fourth-order valence-corrected chi connectivity index (χ4v) is 3.62. The highest BCUT2D eigenvalue weighted by molar-refractivity contribution is 5.96. The van der Waals surface area contributed by atoms with E-state index in [1.165, 1.54) is 6.92 Å². The number of aromatic nitrogens is 4. The number of amides is 1. The Balaban J connectivity index is 1.64. The largest absolute Gasteiger partial charge is 0.452 e. The van der Waals surface area contributed by atoms with Crippen molar-refractivity contribution in [2.75, 3.05) is 5.32 Å². The summed E-state index contributed by atoms with van der Waals surface area (Å²) in [6.45, 7) is 7.97. The van der Waals surface area contributed by atoms with Gasteiger partial charge in [-0.15, -0.1) is 0 Å². The van der Waals surface area contributed by atoms with Crippen molar-refractivity contribution >= 4 is 28.6 Å². The first-order chi connectivity index (χ1) is 14.7. The van der Waals surface area contributed by atoms with Gasteiger partial charge in [-0.2, -0.15) is 5.10 Å². The second kappa shape index (κ2) is 9.20. The summed E-state index contributed by atoms with van der Waals surface area (Å²) in [7, 11) is 1.79. The maximum absolute atomic E-state index is 12.8. The van der Waals surface area contributed by atoms with E-state index in [0.717, 1.165) is 23.1 Å². The molecular formula is C22H29N5O4. The van der Waals surface area contributed by atoms with Gasteiger partial charge in [0.05, 0.1) is 34.5 Å². The molecule has 0 spiro atoms. The average Bonchev–Trinajstić information content (AvgIpc) is 3.14. The lowest BCUT2D eigenvalue weighted by Crippen LogP contribution is -2.31. The number of nitrogens with one attached hydrogen (secondary N) is 1. The summed E-state index contributed by atoms with van der Waals surface area (Å²) in [5.74, 6) is -0.967. The van der Waals surface area contributed by atoms with Gasteiger partial charge in [0, 0.05) is 20.1 Å². The molecule has 0 saturated heterocycles. The number of aryl methyl sites for hydroxylation is 4. The number of para-hydroxylation sites is 2. The van der Waals surface area contributed by atoms with Crippen LogP contribution in [0.15, 0.2) is 29.1 Å². The summed E-state index contributed by atoms with van der Waals surface area (Å²) >= 11 is 0. The molecule has 0 aliphatic heterocycles. The van der Waals surface area contributed by atoms with Crippen molar-refractivity contribution < 1.29 is 14.3 Å².